The van der Waals surface area contributed by atoms with Crippen molar-refractivity contribution in [3.63, 3.8) is 0 Å². The van der Waals surface area contributed by atoms with E-state index in [0.717, 1.165) is 5.56 Å². The molecular formula is C10H16N4O2S. The molecule has 0 amide bonds. The second-order valence-corrected chi connectivity index (χ2v) is 6.63. The number of nitrogens with two attached hydrogens (primary N) is 1. The zero-order chi connectivity index (χ0) is 12.6. The number of aryl methyl sites for hydroxylation is 1. The molecule has 94 valence electrons. The maximum Gasteiger partial charge on any atom is 0.221 e. The summed E-state index contributed by atoms with van der Waals surface area (Å²) in [6, 6.07) is -0.0204. The van der Waals surface area contributed by atoms with Crippen LogP contribution in [0.15, 0.2) is 6.20 Å². The maximum absolute atomic E-state index is 11.4. The third kappa shape index (κ3) is 2.49. The second kappa shape index (κ2) is 4.14. The van der Waals surface area contributed by atoms with Gasteiger partial charge in [0.2, 0.25) is 5.95 Å². The summed E-state index contributed by atoms with van der Waals surface area (Å²) in [5, 5.41) is 0. The summed E-state index contributed by atoms with van der Waals surface area (Å²) in [5.41, 5.74) is 6.44. The minimum Gasteiger partial charge on any atom is -0.368 e. The Hall–Kier alpha value is -1.37. The van der Waals surface area contributed by atoms with Crippen LogP contribution in [-0.2, 0) is 9.84 Å². The summed E-state index contributed by atoms with van der Waals surface area (Å²) in [4.78, 5) is 9.95. The van der Waals surface area contributed by atoms with Crippen molar-refractivity contribution in [2.75, 3.05) is 29.2 Å². The lowest BCUT2D eigenvalue weighted by atomic mass is 10.2. The molecule has 0 radical (unpaired) electrons. The molecule has 1 aliphatic rings. The zero-order valence-electron chi connectivity index (χ0n) is 9.92. The molecule has 0 bridgehead atoms. The molecule has 1 aromatic heterocycles. The van der Waals surface area contributed by atoms with Gasteiger partial charge >= 0.3 is 0 Å². The van der Waals surface area contributed by atoms with Gasteiger partial charge in [-0.3, -0.25) is 0 Å². The number of nitrogens with zero attached hydrogens (tertiary/aromatic N) is 3. The van der Waals surface area contributed by atoms with E-state index in [1.165, 1.54) is 0 Å². The molecule has 17 heavy (non-hydrogen) atoms. The topological polar surface area (TPSA) is 89.2 Å². The van der Waals surface area contributed by atoms with Gasteiger partial charge in [0.1, 0.15) is 5.82 Å². The second-order valence-electron chi connectivity index (χ2n) is 4.40. The van der Waals surface area contributed by atoms with Gasteiger partial charge in [0.15, 0.2) is 9.84 Å². The van der Waals surface area contributed by atoms with Crippen molar-refractivity contribution < 1.29 is 8.42 Å². The Balaban J connectivity index is 2.26. The van der Waals surface area contributed by atoms with E-state index in [1.807, 2.05) is 18.9 Å². The number of aromatic nitrogens is 2. The first-order valence-corrected chi connectivity index (χ1v) is 7.23. The molecular weight excluding hydrogens is 240 g/mol. The predicted octanol–water partition coefficient (Wildman–Crippen LogP) is -0.00948. The minimum atomic E-state index is -2.89. The first-order valence-electron chi connectivity index (χ1n) is 5.41. The Morgan fingerprint density at radius 1 is 1.53 bits per heavy atom. The van der Waals surface area contributed by atoms with E-state index in [0.29, 0.717) is 12.2 Å². The lowest BCUT2D eigenvalue weighted by molar-refractivity contribution is 0.600. The Morgan fingerprint density at radius 2 is 2.24 bits per heavy atom. The van der Waals surface area contributed by atoms with Gasteiger partial charge in [-0.25, -0.2) is 13.4 Å². The molecule has 0 aliphatic carbocycles. The highest BCUT2D eigenvalue weighted by molar-refractivity contribution is 7.91. The molecule has 1 saturated heterocycles. The van der Waals surface area contributed by atoms with E-state index in [1.54, 1.807) is 6.20 Å². The molecule has 1 aliphatic heterocycles. The largest absolute Gasteiger partial charge is 0.368 e. The normalized spacial score (nSPS) is 22.6. The van der Waals surface area contributed by atoms with E-state index in [9.17, 15) is 8.42 Å². The Labute approximate surface area is 101 Å². The molecule has 1 aromatic rings. The van der Waals surface area contributed by atoms with Crippen LogP contribution in [0.5, 0.6) is 0 Å². The van der Waals surface area contributed by atoms with Crippen molar-refractivity contribution in [3.05, 3.63) is 11.8 Å². The lowest BCUT2D eigenvalue weighted by Crippen LogP contribution is -2.33. The van der Waals surface area contributed by atoms with Gasteiger partial charge in [0.25, 0.3) is 0 Å². The summed E-state index contributed by atoms with van der Waals surface area (Å²) < 4.78 is 22.9. The lowest BCUT2D eigenvalue weighted by Gasteiger charge is -2.25. The molecule has 2 heterocycles. The fourth-order valence-corrected chi connectivity index (χ4v) is 3.83. The van der Waals surface area contributed by atoms with Crippen LogP contribution in [0.1, 0.15) is 12.0 Å². The van der Waals surface area contributed by atoms with Gasteiger partial charge in [-0.05, 0) is 13.3 Å². The number of sulfone groups is 1. The van der Waals surface area contributed by atoms with Gasteiger partial charge in [-0.1, -0.05) is 0 Å². The summed E-state index contributed by atoms with van der Waals surface area (Å²) >= 11 is 0. The van der Waals surface area contributed by atoms with Crippen molar-refractivity contribution in [1.82, 2.24) is 9.97 Å². The number of anilines is 2. The number of nitrogen functional groups attached to an aromatic ring is 1. The van der Waals surface area contributed by atoms with Crippen LogP contribution >= 0.6 is 0 Å². The van der Waals surface area contributed by atoms with Crippen molar-refractivity contribution in [3.8, 4) is 0 Å². The van der Waals surface area contributed by atoms with E-state index in [2.05, 4.69) is 9.97 Å². The predicted molar refractivity (Wildman–Crippen MR) is 66.6 cm³/mol. The molecule has 0 aromatic carbocycles. The summed E-state index contributed by atoms with van der Waals surface area (Å²) in [7, 11) is -1.04. The molecule has 6 nitrogen and oxygen atoms in total. The summed E-state index contributed by atoms with van der Waals surface area (Å²) in [6.45, 7) is 1.88. The first-order chi connectivity index (χ1) is 7.89. The number of hydrogen-bond acceptors (Lipinski definition) is 6. The van der Waals surface area contributed by atoms with Gasteiger partial charge in [0, 0.05) is 24.8 Å². The zero-order valence-corrected chi connectivity index (χ0v) is 10.7. The number of hydrogen-bond donors (Lipinski definition) is 1. The SMILES string of the molecule is Cc1cnc(N)nc1N(C)C1CCS(=O)(=O)C1. The Kier molecular flexibility index (Phi) is 2.94. The quantitative estimate of drug-likeness (QED) is 0.800. The fraction of sp³-hybridized carbons (Fsp3) is 0.600. The van der Waals surface area contributed by atoms with Crippen molar-refractivity contribution in [2.45, 2.75) is 19.4 Å². The van der Waals surface area contributed by atoms with Gasteiger partial charge < -0.3 is 10.6 Å². The molecule has 2 N–H and O–H groups in total. The average Bonchev–Trinajstić information content (AvgIpc) is 2.61. The first kappa shape index (κ1) is 12.1. The minimum absolute atomic E-state index is 0.0204. The third-order valence-corrected chi connectivity index (χ3v) is 4.80. The molecule has 0 spiro atoms. The standard InChI is InChI=1S/C10H16N4O2S/c1-7-5-12-10(11)13-9(7)14(2)8-3-4-17(15,16)6-8/h5,8H,3-4,6H2,1-2H3,(H2,11,12,13). The van der Waals surface area contributed by atoms with Crippen LogP contribution in [0, 0.1) is 6.92 Å². The Bertz CT molecular complexity index is 529. The summed E-state index contributed by atoms with van der Waals surface area (Å²) in [5.74, 6) is 1.35. The third-order valence-electron chi connectivity index (χ3n) is 3.05. The smallest absolute Gasteiger partial charge is 0.221 e. The van der Waals surface area contributed by atoms with Crippen LogP contribution in [0.2, 0.25) is 0 Å². The molecule has 1 fully saturated rings. The van der Waals surface area contributed by atoms with E-state index in [-0.39, 0.29) is 23.5 Å². The van der Waals surface area contributed by atoms with Crippen LogP contribution < -0.4 is 10.6 Å². The summed E-state index contributed by atoms with van der Waals surface area (Å²) in [6.07, 6.45) is 2.29. The molecule has 1 unspecified atom stereocenters. The highest BCUT2D eigenvalue weighted by Gasteiger charge is 2.31. The molecule has 2 rings (SSSR count). The highest BCUT2D eigenvalue weighted by Crippen LogP contribution is 2.23. The fourth-order valence-electron chi connectivity index (χ4n) is 2.06. The van der Waals surface area contributed by atoms with E-state index < -0.39 is 9.84 Å². The van der Waals surface area contributed by atoms with E-state index >= 15 is 0 Å². The highest BCUT2D eigenvalue weighted by atomic mass is 32.2. The van der Waals surface area contributed by atoms with Crippen molar-refractivity contribution >= 4 is 21.6 Å². The van der Waals surface area contributed by atoms with Crippen LogP contribution in [-0.4, -0.2) is 43.0 Å². The number of rotatable bonds is 2. The molecule has 7 heteroatoms. The van der Waals surface area contributed by atoms with Gasteiger partial charge in [0.05, 0.1) is 11.5 Å². The van der Waals surface area contributed by atoms with Crippen molar-refractivity contribution in [1.29, 1.82) is 0 Å². The van der Waals surface area contributed by atoms with Gasteiger partial charge in [-0.2, -0.15) is 4.98 Å². The van der Waals surface area contributed by atoms with Gasteiger partial charge in [-0.15, -0.1) is 0 Å². The molecule has 0 saturated carbocycles. The maximum atomic E-state index is 11.4. The van der Waals surface area contributed by atoms with Crippen LogP contribution in [0.4, 0.5) is 11.8 Å². The van der Waals surface area contributed by atoms with Crippen LogP contribution in [0.3, 0.4) is 0 Å². The van der Waals surface area contributed by atoms with Crippen molar-refractivity contribution in [2.24, 2.45) is 0 Å². The average molecular weight is 256 g/mol. The van der Waals surface area contributed by atoms with Crippen LogP contribution in [0.25, 0.3) is 0 Å². The Morgan fingerprint density at radius 3 is 2.82 bits per heavy atom. The monoisotopic (exact) mass is 256 g/mol. The molecule has 1 atom stereocenters. The van der Waals surface area contributed by atoms with E-state index in [4.69, 9.17) is 5.73 Å².